The molecule has 0 aromatic carbocycles. The number of hydrogen-bond donors (Lipinski definition) is 1. The lowest BCUT2D eigenvalue weighted by Gasteiger charge is -2.56. The lowest BCUT2D eigenvalue weighted by molar-refractivity contribution is -0.151. The Morgan fingerprint density at radius 3 is 2.76 bits per heavy atom. The summed E-state index contributed by atoms with van der Waals surface area (Å²) in [4.78, 5) is 11.6. The summed E-state index contributed by atoms with van der Waals surface area (Å²) in [6, 6.07) is 0. The molecule has 3 aliphatic rings. The van der Waals surface area contributed by atoms with Crippen molar-refractivity contribution in [3.8, 4) is 0 Å². The second-order valence-corrected chi connectivity index (χ2v) is 8.01. The molecule has 3 aliphatic carbocycles. The van der Waals surface area contributed by atoms with Gasteiger partial charge in [0.15, 0.2) is 0 Å². The molecule has 0 amide bonds. The van der Waals surface area contributed by atoms with Crippen molar-refractivity contribution in [3.63, 3.8) is 0 Å². The number of hydrogen-bond acceptors (Lipinski definition) is 1. The third kappa shape index (κ3) is 2.27. The molecular weight excluding hydrogens is 260 g/mol. The predicted molar refractivity (Wildman–Crippen MR) is 84.9 cm³/mol. The van der Waals surface area contributed by atoms with Crippen molar-refractivity contribution in [1.82, 2.24) is 0 Å². The van der Waals surface area contributed by atoms with E-state index >= 15 is 0 Å². The maximum absolute atomic E-state index is 11.6. The van der Waals surface area contributed by atoms with E-state index in [-0.39, 0.29) is 16.7 Å². The fourth-order valence-electron chi connectivity index (χ4n) is 5.53. The highest BCUT2D eigenvalue weighted by molar-refractivity contribution is 5.70. The zero-order valence-corrected chi connectivity index (χ0v) is 13.4. The molecule has 0 bridgehead atoms. The lowest BCUT2D eigenvalue weighted by atomic mass is 9.48. The van der Waals surface area contributed by atoms with Crippen LogP contribution in [0.3, 0.4) is 0 Å². The van der Waals surface area contributed by atoms with Crippen molar-refractivity contribution in [2.75, 3.05) is 0 Å². The zero-order chi connectivity index (χ0) is 15.3. The monoisotopic (exact) mass is 288 g/mol. The van der Waals surface area contributed by atoms with Crippen LogP contribution in [0.4, 0.5) is 0 Å². The molecule has 0 saturated heterocycles. The van der Waals surface area contributed by atoms with Crippen molar-refractivity contribution in [2.24, 2.45) is 28.6 Å². The molecule has 0 aromatic rings. The molecule has 0 aromatic heterocycles. The van der Waals surface area contributed by atoms with Crippen LogP contribution in [-0.2, 0) is 4.79 Å². The molecule has 5 unspecified atom stereocenters. The van der Waals surface area contributed by atoms with E-state index in [1.807, 2.05) is 0 Å². The number of rotatable bonds is 2. The average Bonchev–Trinajstić information content (AvgIpc) is 2.45. The van der Waals surface area contributed by atoms with Gasteiger partial charge in [0.1, 0.15) is 0 Å². The van der Waals surface area contributed by atoms with Crippen molar-refractivity contribution in [1.29, 1.82) is 0 Å². The van der Waals surface area contributed by atoms with E-state index in [2.05, 4.69) is 32.6 Å². The van der Waals surface area contributed by atoms with Gasteiger partial charge in [-0.15, -0.1) is 6.58 Å². The summed E-state index contributed by atoms with van der Waals surface area (Å²) in [6.07, 6.45) is 12.2. The van der Waals surface area contributed by atoms with E-state index in [4.69, 9.17) is 0 Å². The zero-order valence-electron chi connectivity index (χ0n) is 13.4. The summed E-state index contributed by atoms with van der Waals surface area (Å²) in [7, 11) is 0. The Morgan fingerprint density at radius 1 is 1.33 bits per heavy atom. The van der Waals surface area contributed by atoms with Crippen LogP contribution in [0.25, 0.3) is 0 Å². The highest BCUT2D eigenvalue weighted by Crippen LogP contribution is 2.60. The molecule has 0 heterocycles. The minimum Gasteiger partial charge on any atom is -0.481 e. The highest BCUT2D eigenvalue weighted by Gasteiger charge is 2.53. The molecule has 0 radical (unpaired) electrons. The van der Waals surface area contributed by atoms with E-state index < -0.39 is 5.97 Å². The van der Waals surface area contributed by atoms with Gasteiger partial charge < -0.3 is 5.11 Å². The molecule has 1 N–H and O–H groups in total. The summed E-state index contributed by atoms with van der Waals surface area (Å²) < 4.78 is 0. The first-order chi connectivity index (χ1) is 9.89. The van der Waals surface area contributed by atoms with Crippen LogP contribution in [0.5, 0.6) is 0 Å². The molecule has 21 heavy (non-hydrogen) atoms. The van der Waals surface area contributed by atoms with E-state index in [0.29, 0.717) is 11.8 Å². The van der Waals surface area contributed by atoms with Crippen LogP contribution < -0.4 is 0 Å². The minimum absolute atomic E-state index is 0.113. The maximum Gasteiger partial charge on any atom is 0.306 e. The van der Waals surface area contributed by atoms with Crippen LogP contribution in [0.15, 0.2) is 24.3 Å². The predicted octanol–water partition coefficient (Wildman–Crippen LogP) is 4.82. The van der Waals surface area contributed by atoms with Gasteiger partial charge in [-0.25, -0.2) is 0 Å². The SMILES string of the molecule is C=CC1(C)C=C2CCC3C(C(=O)O)CCCC3(C)C2CC1. The number of fused-ring (bicyclic) bond motifs is 3. The van der Waals surface area contributed by atoms with Gasteiger partial charge in [-0.1, -0.05) is 38.0 Å². The molecule has 2 saturated carbocycles. The fraction of sp³-hybridized carbons (Fsp3) is 0.737. The van der Waals surface area contributed by atoms with Crippen molar-refractivity contribution >= 4 is 5.97 Å². The summed E-state index contributed by atoms with van der Waals surface area (Å²) in [5, 5.41) is 9.58. The molecule has 5 atom stereocenters. The number of carbonyl (C=O) groups is 1. The van der Waals surface area contributed by atoms with Gasteiger partial charge in [-0.2, -0.15) is 0 Å². The largest absolute Gasteiger partial charge is 0.481 e. The summed E-state index contributed by atoms with van der Waals surface area (Å²) in [5.41, 5.74) is 1.94. The standard InChI is InChI=1S/C19H28O2/c1-4-18(2)11-9-15-13(12-18)7-8-16-14(17(20)21)6-5-10-19(15,16)3/h4,12,14-16H,1,5-11H2,2-3H3,(H,20,21). The summed E-state index contributed by atoms with van der Waals surface area (Å²) in [6.45, 7) is 8.66. The topological polar surface area (TPSA) is 37.3 Å². The molecular formula is C19H28O2. The Labute approximate surface area is 128 Å². The first-order valence-electron chi connectivity index (χ1n) is 8.48. The summed E-state index contributed by atoms with van der Waals surface area (Å²) >= 11 is 0. The molecule has 2 nitrogen and oxygen atoms in total. The Balaban J connectivity index is 1.94. The van der Waals surface area contributed by atoms with Crippen molar-refractivity contribution < 1.29 is 9.90 Å². The van der Waals surface area contributed by atoms with Crippen molar-refractivity contribution in [2.45, 2.75) is 58.8 Å². The second-order valence-electron chi connectivity index (χ2n) is 8.01. The normalized spacial score (nSPS) is 46.0. The van der Waals surface area contributed by atoms with E-state index in [1.165, 1.54) is 12.8 Å². The molecule has 2 fully saturated rings. The smallest absolute Gasteiger partial charge is 0.306 e. The van der Waals surface area contributed by atoms with Gasteiger partial charge >= 0.3 is 5.97 Å². The molecule has 0 spiro atoms. The highest BCUT2D eigenvalue weighted by atomic mass is 16.4. The average molecular weight is 288 g/mol. The number of aliphatic carboxylic acids is 1. The quantitative estimate of drug-likeness (QED) is 0.740. The van der Waals surface area contributed by atoms with Crippen LogP contribution in [0, 0.1) is 28.6 Å². The van der Waals surface area contributed by atoms with Crippen LogP contribution in [0.1, 0.15) is 58.8 Å². The van der Waals surface area contributed by atoms with Crippen LogP contribution in [-0.4, -0.2) is 11.1 Å². The fourth-order valence-corrected chi connectivity index (χ4v) is 5.53. The molecule has 0 aliphatic heterocycles. The maximum atomic E-state index is 11.6. The minimum atomic E-state index is -0.565. The molecule has 116 valence electrons. The Kier molecular flexibility index (Phi) is 3.54. The van der Waals surface area contributed by atoms with Gasteiger partial charge in [0.05, 0.1) is 5.92 Å². The van der Waals surface area contributed by atoms with E-state index in [1.54, 1.807) is 5.57 Å². The third-order valence-electron chi connectivity index (χ3n) is 6.82. The Bertz CT molecular complexity index is 492. The number of carboxylic acid groups (broad SMARTS) is 1. The summed E-state index contributed by atoms with van der Waals surface area (Å²) in [5.74, 6) is 0.300. The second kappa shape index (κ2) is 5.00. The van der Waals surface area contributed by atoms with E-state index in [0.717, 1.165) is 32.1 Å². The van der Waals surface area contributed by atoms with Gasteiger partial charge in [0, 0.05) is 5.41 Å². The lowest BCUT2D eigenvalue weighted by Crippen LogP contribution is -2.49. The Hall–Kier alpha value is -1.05. The number of allylic oxidation sites excluding steroid dienone is 3. The first-order valence-corrected chi connectivity index (χ1v) is 8.48. The Morgan fingerprint density at radius 2 is 2.10 bits per heavy atom. The third-order valence-corrected chi connectivity index (χ3v) is 6.82. The van der Waals surface area contributed by atoms with E-state index in [9.17, 15) is 9.90 Å². The first kappa shape index (κ1) is 14.9. The molecule has 2 heteroatoms. The van der Waals surface area contributed by atoms with Gasteiger partial charge in [-0.3, -0.25) is 4.79 Å². The van der Waals surface area contributed by atoms with Gasteiger partial charge in [-0.05, 0) is 55.8 Å². The molecule has 3 rings (SSSR count). The van der Waals surface area contributed by atoms with Crippen LogP contribution in [0.2, 0.25) is 0 Å². The van der Waals surface area contributed by atoms with Crippen molar-refractivity contribution in [3.05, 3.63) is 24.3 Å². The van der Waals surface area contributed by atoms with Gasteiger partial charge in [0.25, 0.3) is 0 Å². The van der Waals surface area contributed by atoms with Crippen LogP contribution >= 0.6 is 0 Å². The number of carboxylic acids is 1. The van der Waals surface area contributed by atoms with Gasteiger partial charge in [0.2, 0.25) is 0 Å².